The highest BCUT2D eigenvalue weighted by molar-refractivity contribution is 5.91. The van der Waals surface area contributed by atoms with Crippen molar-refractivity contribution in [1.82, 2.24) is 25.3 Å². The summed E-state index contributed by atoms with van der Waals surface area (Å²) in [6, 6.07) is 4.56. The number of ether oxygens (including phenoxy) is 2. The first-order chi connectivity index (χ1) is 16.6. The Hall–Kier alpha value is -3.07. The number of anilines is 1. The van der Waals surface area contributed by atoms with Crippen LogP contribution in [0.1, 0.15) is 60.9 Å². The van der Waals surface area contributed by atoms with Crippen molar-refractivity contribution in [2.75, 3.05) is 31.7 Å². The van der Waals surface area contributed by atoms with Gasteiger partial charge in [0, 0.05) is 38.9 Å². The molecule has 2 aromatic heterocycles. The quantitative estimate of drug-likeness (QED) is 0.636. The lowest BCUT2D eigenvalue weighted by Gasteiger charge is -2.33. The van der Waals surface area contributed by atoms with Crippen molar-refractivity contribution in [1.29, 1.82) is 0 Å². The molecular formula is C25H32N6O3. The van der Waals surface area contributed by atoms with E-state index in [0.717, 1.165) is 51.6 Å². The number of rotatable bonds is 8. The highest BCUT2D eigenvalue weighted by atomic mass is 16.5. The van der Waals surface area contributed by atoms with Gasteiger partial charge in [-0.05, 0) is 62.1 Å². The zero-order valence-electron chi connectivity index (χ0n) is 19.9. The van der Waals surface area contributed by atoms with Crippen molar-refractivity contribution < 1.29 is 14.3 Å². The number of nitrogens with zero attached hydrogens (tertiary/aromatic N) is 5. The van der Waals surface area contributed by atoms with Crippen LogP contribution in [-0.2, 0) is 11.2 Å². The molecule has 180 valence electrons. The molecule has 1 N–H and O–H groups in total. The molecule has 9 heteroatoms. The molecule has 0 unspecified atom stereocenters. The molecule has 2 aliphatic carbocycles. The molecule has 1 atom stereocenters. The summed E-state index contributed by atoms with van der Waals surface area (Å²) in [5.41, 5.74) is 3.88. The summed E-state index contributed by atoms with van der Waals surface area (Å²) < 4.78 is 11.0. The minimum Gasteiger partial charge on any atom is -0.458 e. The van der Waals surface area contributed by atoms with E-state index in [1.54, 1.807) is 7.11 Å². The predicted octanol–water partition coefficient (Wildman–Crippen LogP) is 2.82. The summed E-state index contributed by atoms with van der Waals surface area (Å²) in [6.45, 7) is 3.90. The molecule has 3 heterocycles. The lowest BCUT2D eigenvalue weighted by atomic mass is 9.87. The van der Waals surface area contributed by atoms with Gasteiger partial charge < -0.3 is 19.7 Å². The number of hydrogen-bond acceptors (Lipinski definition) is 8. The monoisotopic (exact) mass is 464 g/mol. The number of hydrogen-bond donors (Lipinski definition) is 1. The fraction of sp³-hybridized carbons (Fsp3) is 0.560. The molecule has 1 saturated carbocycles. The average molecular weight is 465 g/mol. The maximum absolute atomic E-state index is 12.8. The number of methoxy groups -OCH3 is 1. The van der Waals surface area contributed by atoms with E-state index in [-0.39, 0.29) is 29.9 Å². The first-order valence-electron chi connectivity index (χ1n) is 12.2. The topological polar surface area (TPSA) is 102 Å². The predicted molar refractivity (Wildman–Crippen MR) is 128 cm³/mol. The Morgan fingerprint density at radius 2 is 2.03 bits per heavy atom. The van der Waals surface area contributed by atoms with Gasteiger partial charge in [0.15, 0.2) is 0 Å². The van der Waals surface area contributed by atoms with Gasteiger partial charge in [0.2, 0.25) is 11.8 Å². The van der Waals surface area contributed by atoms with Gasteiger partial charge >= 0.3 is 6.01 Å². The van der Waals surface area contributed by atoms with E-state index < -0.39 is 0 Å². The summed E-state index contributed by atoms with van der Waals surface area (Å²) in [5.74, 6) is 0.821. The zero-order valence-corrected chi connectivity index (χ0v) is 19.9. The highest BCUT2D eigenvalue weighted by Crippen LogP contribution is 2.37. The number of carbonyl (C=O) groups is 1. The van der Waals surface area contributed by atoms with Gasteiger partial charge in [0.05, 0.1) is 12.3 Å². The normalized spacial score (nSPS) is 19.2. The van der Waals surface area contributed by atoms with Gasteiger partial charge in [-0.15, -0.1) is 0 Å². The number of fused-ring (bicyclic) bond motifs is 1. The van der Waals surface area contributed by atoms with Gasteiger partial charge in [-0.25, -0.2) is 0 Å². The summed E-state index contributed by atoms with van der Waals surface area (Å²) in [4.78, 5) is 32.9. The molecule has 1 saturated heterocycles. The van der Waals surface area contributed by atoms with E-state index >= 15 is 0 Å². The van der Waals surface area contributed by atoms with Gasteiger partial charge in [-0.1, -0.05) is 12.1 Å². The Morgan fingerprint density at radius 1 is 1.21 bits per heavy atom. The molecule has 2 aromatic rings. The van der Waals surface area contributed by atoms with Crippen LogP contribution >= 0.6 is 0 Å². The highest BCUT2D eigenvalue weighted by Gasteiger charge is 2.29. The molecule has 9 nitrogen and oxygen atoms in total. The maximum atomic E-state index is 12.8. The van der Waals surface area contributed by atoms with Crippen LogP contribution in [0.25, 0.3) is 5.57 Å². The molecule has 0 aromatic carbocycles. The van der Waals surface area contributed by atoms with Crippen molar-refractivity contribution in [3.63, 3.8) is 0 Å². The molecule has 1 amide bonds. The number of allylic oxidation sites excluding steroid dienone is 2. The van der Waals surface area contributed by atoms with E-state index in [2.05, 4.69) is 42.3 Å². The first kappa shape index (κ1) is 22.7. The third kappa shape index (κ3) is 4.89. The number of piperidine rings is 1. The smallest absolute Gasteiger partial charge is 0.322 e. The third-order valence-electron chi connectivity index (χ3n) is 6.89. The lowest BCUT2D eigenvalue weighted by Crippen LogP contribution is -2.41. The molecule has 34 heavy (non-hydrogen) atoms. The fourth-order valence-corrected chi connectivity index (χ4v) is 4.85. The largest absolute Gasteiger partial charge is 0.458 e. The van der Waals surface area contributed by atoms with E-state index in [1.165, 1.54) is 16.8 Å². The molecular weight excluding hydrogens is 432 g/mol. The lowest BCUT2D eigenvalue weighted by molar-refractivity contribution is 0.0832. The van der Waals surface area contributed by atoms with Crippen LogP contribution in [0.4, 0.5) is 5.95 Å². The van der Waals surface area contributed by atoms with Crippen molar-refractivity contribution in [3.8, 4) is 6.01 Å². The van der Waals surface area contributed by atoms with Crippen LogP contribution in [0, 0.1) is 5.92 Å². The first-order valence-corrected chi connectivity index (χ1v) is 12.2. The van der Waals surface area contributed by atoms with Crippen LogP contribution in [0.15, 0.2) is 24.4 Å². The van der Waals surface area contributed by atoms with Crippen LogP contribution in [0.2, 0.25) is 0 Å². The maximum Gasteiger partial charge on any atom is 0.322 e. The second kappa shape index (κ2) is 10.0. The van der Waals surface area contributed by atoms with Crippen LogP contribution in [0.3, 0.4) is 0 Å². The molecule has 3 aliphatic rings. The number of amides is 1. The summed E-state index contributed by atoms with van der Waals surface area (Å²) >= 11 is 0. The van der Waals surface area contributed by atoms with Crippen LogP contribution in [-0.4, -0.2) is 64.8 Å². The molecule has 1 aliphatic heterocycles. The van der Waals surface area contributed by atoms with Gasteiger partial charge in [-0.2, -0.15) is 15.0 Å². The third-order valence-corrected chi connectivity index (χ3v) is 6.89. The number of nitrogens with one attached hydrogen (secondary N) is 1. The van der Waals surface area contributed by atoms with Crippen molar-refractivity contribution in [2.45, 2.75) is 57.6 Å². The standard InChI is InChI=1S/C25H32N6O3/c1-16(15-33-2)34-25-29-22(23(32)27-18-5-3-6-18)28-24(30-25)31-13-10-17(11-14-31)19-8-9-21-20(19)7-4-12-26-21/h4,7-8,12,16-18H,3,5-6,9-11,13-15H2,1-2H3,(H,27,32)/t16-/m1/s1. The molecule has 5 rings (SSSR count). The molecule has 0 spiro atoms. The number of pyridine rings is 1. The molecule has 0 radical (unpaired) electrons. The van der Waals surface area contributed by atoms with E-state index in [1.807, 2.05) is 19.2 Å². The van der Waals surface area contributed by atoms with E-state index in [9.17, 15) is 4.79 Å². The summed E-state index contributed by atoms with van der Waals surface area (Å²) in [6.07, 6.45) is 9.99. The van der Waals surface area contributed by atoms with Gasteiger partial charge in [0.25, 0.3) is 5.91 Å². The Balaban J connectivity index is 1.31. The summed E-state index contributed by atoms with van der Waals surface area (Å²) in [5, 5.41) is 3.02. The SMILES string of the molecule is COC[C@@H](C)Oc1nc(C(=O)NC2CCC2)nc(N2CCC(C3=CCc4ncccc43)CC2)n1. The molecule has 2 fully saturated rings. The van der Waals surface area contributed by atoms with E-state index in [0.29, 0.717) is 18.5 Å². The van der Waals surface area contributed by atoms with Crippen molar-refractivity contribution in [3.05, 3.63) is 41.5 Å². The van der Waals surface area contributed by atoms with Crippen molar-refractivity contribution in [2.24, 2.45) is 5.92 Å². The summed E-state index contributed by atoms with van der Waals surface area (Å²) in [7, 11) is 1.62. The number of carbonyl (C=O) groups excluding carboxylic acids is 1. The molecule has 0 bridgehead atoms. The van der Waals surface area contributed by atoms with Gasteiger partial charge in [-0.3, -0.25) is 9.78 Å². The Kier molecular flexibility index (Phi) is 6.71. The Labute approximate surface area is 200 Å². The Bertz CT molecular complexity index is 1060. The minimum atomic E-state index is -0.271. The fourth-order valence-electron chi connectivity index (χ4n) is 4.85. The van der Waals surface area contributed by atoms with E-state index in [4.69, 9.17) is 9.47 Å². The second-order valence-electron chi connectivity index (χ2n) is 9.35. The average Bonchev–Trinajstić information content (AvgIpc) is 3.25. The van der Waals surface area contributed by atoms with Crippen LogP contribution in [0.5, 0.6) is 6.01 Å². The zero-order chi connectivity index (χ0) is 23.5. The van der Waals surface area contributed by atoms with Crippen LogP contribution < -0.4 is 15.0 Å². The second-order valence-corrected chi connectivity index (χ2v) is 9.35. The van der Waals surface area contributed by atoms with Gasteiger partial charge in [0.1, 0.15) is 6.10 Å². The Morgan fingerprint density at radius 3 is 2.76 bits per heavy atom. The minimum absolute atomic E-state index is 0.108. The van der Waals surface area contributed by atoms with Crippen molar-refractivity contribution >= 4 is 17.4 Å². The number of aromatic nitrogens is 4.